The molecule has 0 radical (unpaired) electrons. The van der Waals surface area contributed by atoms with Crippen molar-refractivity contribution in [3.05, 3.63) is 53.6 Å². The maximum Gasteiger partial charge on any atom is 0.243 e. The molecular formula is C23H27N3O4S. The van der Waals surface area contributed by atoms with Gasteiger partial charge in [-0.05, 0) is 68.1 Å². The molecule has 2 heterocycles. The lowest BCUT2D eigenvalue weighted by molar-refractivity contribution is -0.122. The summed E-state index contributed by atoms with van der Waals surface area (Å²) >= 11 is 0. The van der Waals surface area contributed by atoms with Gasteiger partial charge >= 0.3 is 0 Å². The van der Waals surface area contributed by atoms with Crippen LogP contribution in [-0.2, 0) is 19.6 Å². The zero-order chi connectivity index (χ0) is 22.2. The van der Waals surface area contributed by atoms with E-state index in [9.17, 15) is 18.0 Å². The predicted octanol–water partition coefficient (Wildman–Crippen LogP) is 3.08. The molecule has 0 aromatic heterocycles. The van der Waals surface area contributed by atoms with Crippen molar-refractivity contribution >= 4 is 33.2 Å². The Labute approximate surface area is 183 Å². The number of carbonyl (C=O) groups excluding carboxylic acids is 2. The van der Waals surface area contributed by atoms with Crippen LogP contribution in [0.25, 0.3) is 0 Å². The smallest absolute Gasteiger partial charge is 0.243 e. The molecule has 1 unspecified atom stereocenters. The molecule has 1 atom stereocenters. The van der Waals surface area contributed by atoms with E-state index in [-0.39, 0.29) is 23.1 Å². The third kappa shape index (κ3) is 4.22. The summed E-state index contributed by atoms with van der Waals surface area (Å²) in [4.78, 5) is 27.2. The maximum atomic E-state index is 12.8. The van der Waals surface area contributed by atoms with Gasteiger partial charge in [-0.1, -0.05) is 12.1 Å². The van der Waals surface area contributed by atoms with E-state index in [1.807, 2.05) is 32.0 Å². The van der Waals surface area contributed by atoms with E-state index < -0.39 is 15.9 Å². The van der Waals surface area contributed by atoms with Crippen LogP contribution in [-0.4, -0.2) is 44.2 Å². The lowest BCUT2D eigenvalue weighted by Crippen LogP contribution is -2.29. The molecule has 2 aliphatic rings. The van der Waals surface area contributed by atoms with E-state index in [4.69, 9.17) is 0 Å². The van der Waals surface area contributed by atoms with Gasteiger partial charge in [-0.25, -0.2) is 8.42 Å². The van der Waals surface area contributed by atoms with Crippen LogP contribution in [0.5, 0.6) is 0 Å². The Kier molecular flexibility index (Phi) is 5.85. The van der Waals surface area contributed by atoms with Gasteiger partial charge in [0.2, 0.25) is 21.8 Å². The fraction of sp³-hybridized carbons (Fsp3) is 0.391. The second kappa shape index (κ2) is 8.43. The van der Waals surface area contributed by atoms with E-state index in [0.29, 0.717) is 25.3 Å². The molecular weight excluding hydrogens is 414 g/mol. The average Bonchev–Trinajstić information content (AvgIpc) is 3.41. The topological polar surface area (TPSA) is 86.8 Å². The Hall–Kier alpha value is -2.71. The number of hydrogen-bond donors (Lipinski definition) is 1. The highest BCUT2D eigenvalue weighted by molar-refractivity contribution is 7.89. The number of carbonyl (C=O) groups is 2. The first-order valence-electron chi connectivity index (χ1n) is 10.5. The molecule has 0 aliphatic carbocycles. The van der Waals surface area contributed by atoms with Crippen molar-refractivity contribution in [2.75, 3.05) is 29.9 Å². The van der Waals surface area contributed by atoms with E-state index in [2.05, 4.69) is 5.32 Å². The molecule has 0 spiro atoms. The first-order chi connectivity index (χ1) is 14.8. The molecule has 164 valence electrons. The fourth-order valence-electron chi connectivity index (χ4n) is 4.18. The van der Waals surface area contributed by atoms with E-state index in [0.717, 1.165) is 29.7 Å². The number of aryl methyl sites for hydroxylation is 1. The number of hydrogen-bond acceptors (Lipinski definition) is 4. The molecule has 0 saturated carbocycles. The number of anilines is 2. The number of nitrogens with zero attached hydrogens (tertiary/aromatic N) is 2. The zero-order valence-corrected chi connectivity index (χ0v) is 18.6. The van der Waals surface area contributed by atoms with Gasteiger partial charge in [0.05, 0.1) is 10.8 Å². The predicted molar refractivity (Wildman–Crippen MR) is 119 cm³/mol. The standard InChI is InChI=1S/C23H27N3O4S/c1-16-6-5-7-21(17(16)2)26-15-18(14-22(26)27)23(28)24-19-8-10-20(11-9-19)31(29,30)25-12-3-4-13-25/h5-11,18H,3-4,12-15H2,1-2H3,(H,24,28). The Morgan fingerprint density at radius 2 is 1.71 bits per heavy atom. The van der Waals surface area contributed by atoms with Crippen LogP contribution in [0.1, 0.15) is 30.4 Å². The molecule has 7 nitrogen and oxygen atoms in total. The summed E-state index contributed by atoms with van der Waals surface area (Å²) in [6, 6.07) is 12.0. The van der Waals surface area contributed by atoms with Crippen molar-refractivity contribution in [3.8, 4) is 0 Å². The average molecular weight is 442 g/mol. The van der Waals surface area contributed by atoms with Crippen LogP contribution < -0.4 is 10.2 Å². The first-order valence-corrected chi connectivity index (χ1v) is 12.0. The zero-order valence-electron chi connectivity index (χ0n) is 17.8. The van der Waals surface area contributed by atoms with Crippen LogP contribution in [0.2, 0.25) is 0 Å². The van der Waals surface area contributed by atoms with Crippen molar-refractivity contribution in [2.24, 2.45) is 5.92 Å². The molecule has 4 rings (SSSR count). The number of sulfonamides is 1. The Bertz CT molecular complexity index is 1110. The van der Waals surface area contributed by atoms with Crippen LogP contribution in [0.15, 0.2) is 47.4 Å². The lowest BCUT2D eigenvalue weighted by atomic mass is 10.1. The quantitative estimate of drug-likeness (QED) is 0.773. The highest BCUT2D eigenvalue weighted by Gasteiger charge is 2.36. The molecule has 8 heteroatoms. The van der Waals surface area contributed by atoms with Crippen LogP contribution in [0.3, 0.4) is 0 Å². The Balaban J connectivity index is 1.43. The molecule has 0 bridgehead atoms. The van der Waals surface area contributed by atoms with E-state index in [1.165, 1.54) is 16.4 Å². The van der Waals surface area contributed by atoms with Crippen LogP contribution in [0.4, 0.5) is 11.4 Å². The van der Waals surface area contributed by atoms with E-state index in [1.54, 1.807) is 17.0 Å². The second-order valence-electron chi connectivity index (χ2n) is 8.25. The third-order valence-corrected chi connectivity index (χ3v) is 8.10. The Morgan fingerprint density at radius 3 is 2.39 bits per heavy atom. The molecule has 2 aliphatic heterocycles. The minimum absolute atomic E-state index is 0.0686. The number of rotatable bonds is 5. The SMILES string of the molecule is Cc1cccc(N2CC(C(=O)Nc3ccc(S(=O)(=O)N4CCCC4)cc3)CC2=O)c1C. The monoisotopic (exact) mass is 441 g/mol. The molecule has 2 aromatic rings. The van der Waals surface area contributed by atoms with Gasteiger partial charge in [0.25, 0.3) is 0 Å². The molecule has 31 heavy (non-hydrogen) atoms. The minimum atomic E-state index is -3.48. The van der Waals surface area contributed by atoms with Crippen molar-refractivity contribution in [1.29, 1.82) is 0 Å². The maximum absolute atomic E-state index is 12.8. The molecule has 2 aromatic carbocycles. The van der Waals surface area contributed by atoms with Crippen molar-refractivity contribution in [3.63, 3.8) is 0 Å². The number of nitrogens with one attached hydrogen (secondary N) is 1. The van der Waals surface area contributed by atoms with Crippen molar-refractivity contribution in [2.45, 2.75) is 38.0 Å². The summed E-state index contributed by atoms with van der Waals surface area (Å²) in [7, 11) is -3.48. The second-order valence-corrected chi connectivity index (χ2v) is 10.2. The summed E-state index contributed by atoms with van der Waals surface area (Å²) in [6.45, 7) is 5.40. The summed E-state index contributed by atoms with van der Waals surface area (Å²) in [5, 5.41) is 2.82. The molecule has 2 amide bonds. The third-order valence-electron chi connectivity index (χ3n) is 6.19. The molecule has 1 N–H and O–H groups in total. The highest BCUT2D eigenvalue weighted by Crippen LogP contribution is 2.30. The highest BCUT2D eigenvalue weighted by atomic mass is 32.2. The fourth-order valence-corrected chi connectivity index (χ4v) is 5.69. The van der Waals surface area contributed by atoms with E-state index >= 15 is 0 Å². The number of benzene rings is 2. The lowest BCUT2D eigenvalue weighted by Gasteiger charge is -2.20. The summed E-state index contributed by atoms with van der Waals surface area (Å²) in [6.07, 6.45) is 1.92. The van der Waals surface area contributed by atoms with Gasteiger partial charge in [-0.3, -0.25) is 9.59 Å². The van der Waals surface area contributed by atoms with Crippen LogP contribution in [0, 0.1) is 19.8 Å². The summed E-state index contributed by atoms with van der Waals surface area (Å²) in [5.41, 5.74) is 3.49. The van der Waals surface area contributed by atoms with Gasteiger partial charge in [-0.2, -0.15) is 4.31 Å². The van der Waals surface area contributed by atoms with Gasteiger partial charge in [0.15, 0.2) is 0 Å². The van der Waals surface area contributed by atoms with Crippen LogP contribution >= 0.6 is 0 Å². The minimum Gasteiger partial charge on any atom is -0.326 e. The number of amides is 2. The Morgan fingerprint density at radius 1 is 1.03 bits per heavy atom. The normalized spacial score (nSPS) is 19.7. The first kappa shape index (κ1) is 21.5. The molecule has 2 fully saturated rings. The van der Waals surface area contributed by atoms with Crippen molar-refractivity contribution < 1.29 is 18.0 Å². The van der Waals surface area contributed by atoms with Gasteiger partial charge in [0, 0.05) is 37.4 Å². The molecule has 2 saturated heterocycles. The van der Waals surface area contributed by atoms with Gasteiger partial charge in [0.1, 0.15) is 0 Å². The van der Waals surface area contributed by atoms with Gasteiger partial charge in [-0.15, -0.1) is 0 Å². The largest absolute Gasteiger partial charge is 0.326 e. The van der Waals surface area contributed by atoms with Gasteiger partial charge < -0.3 is 10.2 Å². The summed E-state index contributed by atoms with van der Waals surface area (Å²) in [5.74, 6) is -0.766. The van der Waals surface area contributed by atoms with Crippen molar-refractivity contribution in [1.82, 2.24) is 4.31 Å². The summed E-state index contributed by atoms with van der Waals surface area (Å²) < 4.78 is 26.8.